The predicted molar refractivity (Wildman–Crippen MR) is 63.0 cm³/mol. The fourth-order valence-electron chi connectivity index (χ4n) is 2.21. The molecule has 84 valence electrons. The summed E-state index contributed by atoms with van der Waals surface area (Å²) in [4.78, 5) is 0. The summed E-state index contributed by atoms with van der Waals surface area (Å²) in [6.07, 6.45) is 4.77. The van der Waals surface area contributed by atoms with E-state index in [0.717, 1.165) is 19.4 Å². The van der Waals surface area contributed by atoms with E-state index < -0.39 is 10.8 Å². The molecular weight excluding hydrogens is 194 g/mol. The number of rotatable bonds is 4. The van der Waals surface area contributed by atoms with Gasteiger partial charge < -0.3 is 5.32 Å². The molecule has 2 nitrogen and oxygen atoms in total. The lowest BCUT2D eigenvalue weighted by Crippen LogP contribution is -2.38. The molecule has 0 saturated heterocycles. The maximum Gasteiger partial charge on any atom is 0.0365 e. The van der Waals surface area contributed by atoms with Gasteiger partial charge in [-0.05, 0) is 25.8 Å². The average Bonchev–Trinajstić information content (AvgIpc) is 2.17. The largest absolute Gasteiger partial charge is 0.314 e. The Bertz CT molecular complexity index is 192. The van der Waals surface area contributed by atoms with E-state index in [1.54, 1.807) is 0 Å². The monoisotopic (exact) mass is 217 g/mol. The van der Waals surface area contributed by atoms with Gasteiger partial charge in [0.25, 0.3) is 0 Å². The number of hydrogen-bond acceptors (Lipinski definition) is 2. The van der Waals surface area contributed by atoms with Gasteiger partial charge in [-0.3, -0.25) is 4.21 Å². The van der Waals surface area contributed by atoms with E-state index in [2.05, 4.69) is 26.1 Å². The standard InChI is InChI=1S/C11H23NOS/c1-4-12-10-6-5-7-11(8-10)14(13)9(2)3/h9-12H,4-8H2,1-3H3. The van der Waals surface area contributed by atoms with Crippen molar-refractivity contribution in [1.29, 1.82) is 0 Å². The van der Waals surface area contributed by atoms with Crippen LogP contribution in [0.4, 0.5) is 0 Å². The fourth-order valence-corrected chi connectivity index (χ4v) is 3.81. The van der Waals surface area contributed by atoms with Gasteiger partial charge in [-0.1, -0.05) is 27.2 Å². The zero-order valence-electron chi connectivity index (χ0n) is 9.58. The molecule has 3 atom stereocenters. The maximum atomic E-state index is 11.9. The maximum absolute atomic E-state index is 11.9. The molecule has 0 aromatic carbocycles. The summed E-state index contributed by atoms with van der Waals surface area (Å²) >= 11 is 0. The molecule has 0 aromatic rings. The Balaban J connectivity index is 2.43. The molecule has 1 rings (SSSR count). The van der Waals surface area contributed by atoms with Crippen LogP contribution in [0, 0.1) is 0 Å². The van der Waals surface area contributed by atoms with Gasteiger partial charge in [0, 0.05) is 27.3 Å². The molecule has 0 spiro atoms. The van der Waals surface area contributed by atoms with Crippen LogP contribution in [0.25, 0.3) is 0 Å². The van der Waals surface area contributed by atoms with Crippen LogP contribution < -0.4 is 5.32 Å². The summed E-state index contributed by atoms with van der Waals surface area (Å²) in [5, 5.41) is 4.23. The van der Waals surface area contributed by atoms with Gasteiger partial charge in [0.05, 0.1) is 0 Å². The topological polar surface area (TPSA) is 29.1 Å². The van der Waals surface area contributed by atoms with Crippen molar-refractivity contribution in [3.8, 4) is 0 Å². The highest BCUT2D eigenvalue weighted by molar-refractivity contribution is 7.86. The van der Waals surface area contributed by atoms with Crippen molar-refractivity contribution in [1.82, 2.24) is 5.32 Å². The van der Waals surface area contributed by atoms with E-state index in [1.807, 2.05) is 0 Å². The zero-order chi connectivity index (χ0) is 10.6. The molecule has 1 aliphatic carbocycles. The molecule has 0 aromatic heterocycles. The van der Waals surface area contributed by atoms with E-state index in [-0.39, 0.29) is 0 Å². The van der Waals surface area contributed by atoms with Crippen molar-refractivity contribution in [2.75, 3.05) is 6.54 Å². The van der Waals surface area contributed by atoms with Gasteiger partial charge >= 0.3 is 0 Å². The van der Waals surface area contributed by atoms with Crippen LogP contribution in [-0.2, 0) is 10.8 Å². The lowest BCUT2D eigenvalue weighted by atomic mass is 9.95. The fraction of sp³-hybridized carbons (Fsp3) is 1.00. The molecule has 3 unspecified atom stereocenters. The Hall–Kier alpha value is 0.110. The summed E-state index contributed by atoms with van der Waals surface area (Å²) in [6.45, 7) is 7.30. The molecule has 0 radical (unpaired) electrons. The van der Waals surface area contributed by atoms with Crippen LogP contribution in [-0.4, -0.2) is 27.3 Å². The van der Waals surface area contributed by atoms with E-state index >= 15 is 0 Å². The normalized spacial score (nSPS) is 30.6. The summed E-state index contributed by atoms with van der Waals surface area (Å²) < 4.78 is 11.9. The van der Waals surface area contributed by atoms with Crippen LogP contribution >= 0.6 is 0 Å². The Kier molecular flexibility index (Phi) is 5.10. The van der Waals surface area contributed by atoms with Gasteiger partial charge in [-0.15, -0.1) is 0 Å². The quantitative estimate of drug-likeness (QED) is 0.781. The minimum atomic E-state index is -0.622. The van der Waals surface area contributed by atoms with Crippen molar-refractivity contribution >= 4 is 10.8 Å². The number of hydrogen-bond donors (Lipinski definition) is 1. The minimum Gasteiger partial charge on any atom is -0.314 e. The van der Waals surface area contributed by atoms with Crippen molar-refractivity contribution < 1.29 is 4.21 Å². The second-order valence-corrected chi connectivity index (χ2v) is 6.69. The lowest BCUT2D eigenvalue weighted by molar-refractivity contribution is 0.383. The Morgan fingerprint density at radius 2 is 2.14 bits per heavy atom. The van der Waals surface area contributed by atoms with E-state index in [1.165, 1.54) is 12.8 Å². The molecule has 1 saturated carbocycles. The zero-order valence-corrected chi connectivity index (χ0v) is 10.4. The van der Waals surface area contributed by atoms with E-state index in [4.69, 9.17) is 0 Å². The Morgan fingerprint density at radius 3 is 2.71 bits per heavy atom. The number of nitrogens with one attached hydrogen (secondary N) is 1. The molecule has 1 fully saturated rings. The predicted octanol–water partition coefficient (Wildman–Crippen LogP) is 2.06. The van der Waals surface area contributed by atoms with Gasteiger partial charge in [0.1, 0.15) is 0 Å². The smallest absolute Gasteiger partial charge is 0.0365 e. The lowest BCUT2D eigenvalue weighted by Gasteiger charge is -2.30. The van der Waals surface area contributed by atoms with Crippen molar-refractivity contribution in [3.63, 3.8) is 0 Å². The molecule has 1 N–H and O–H groups in total. The summed E-state index contributed by atoms with van der Waals surface area (Å²) in [7, 11) is -0.622. The summed E-state index contributed by atoms with van der Waals surface area (Å²) in [5.41, 5.74) is 0. The van der Waals surface area contributed by atoms with Crippen LogP contribution in [0.1, 0.15) is 46.5 Å². The van der Waals surface area contributed by atoms with E-state index in [0.29, 0.717) is 16.5 Å². The third kappa shape index (κ3) is 3.35. The molecule has 14 heavy (non-hydrogen) atoms. The third-order valence-electron chi connectivity index (χ3n) is 2.91. The molecular formula is C11H23NOS. The van der Waals surface area contributed by atoms with Gasteiger partial charge in [-0.25, -0.2) is 0 Å². The first-order chi connectivity index (χ1) is 6.65. The van der Waals surface area contributed by atoms with E-state index in [9.17, 15) is 4.21 Å². The van der Waals surface area contributed by atoms with Crippen LogP contribution in [0.15, 0.2) is 0 Å². The molecule has 0 aliphatic heterocycles. The summed E-state index contributed by atoms with van der Waals surface area (Å²) in [5.74, 6) is 0. The second kappa shape index (κ2) is 5.86. The van der Waals surface area contributed by atoms with Crippen molar-refractivity contribution in [2.24, 2.45) is 0 Å². The summed E-state index contributed by atoms with van der Waals surface area (Å²) in [6, 6.07) is 0.612. The molecule has 0 heterocycles. The first-order valence-corrected chi connectivity index (χ1v) is 7.05. The molecule has 0 bridgehead atoms. The van der Waals surface area contributed by atoms with Crippen LogP contribution in [0.2, 0.25) is 0 Å². The average molecular weight is 217 g/mol. The van der Waals surface area contributed by atoms with Gasteiger partial charge in [-0.2, -0.15) is 0 Å². The van der Waals surface area contributed by atoms with Crippen molar-refractivity contribution in [2.45, 2.75) is 63.0 Å². The SMILES string of the molecule is CCNC1CCCC(S(=O)C(C)C)C1. The first-order valence-electron chi connectivity index (χ1n) is 5.78. The Morgan fingerprint density at radius 1 is 1.43 bits per heavy atom. The van der Waals surface area contributed by atoms with Crippen molar-refractivity contribution in [3.05, 3.63) is 0 Å². The second-order valence-electron chi connectivity index (χ2n) is 4.42. The Labute approximate surface area is 90.3 Å². The van der Waals surface area contributed by atoms with Gasteiger partial charge in [0.15, 0.2) is 0 Å². The van der Waals surface area contributed by atoms with Gasteiger partial charge in [0.2, 0.25) is 0 Å². The first kappa shape index (κ1) is 12.2. The highest BCUT2D eigenvalue weighted by Gasteiger charge is 2.26. The highest BCUT2D eigenvalue weighted by Crippen LogP contribution is 2.24. The minimum absolute atomic E-state index is 0.320. The van der Waals surface area contributed by atoms with Crippen LogP contribution in [0.3, 0.4) is 0 Å². The highest BCUT2D eigenvalue weighted by atomic mass is 32.2. The molecule has 1 aliphatic rings. The third-order valence-corrected chi connectivity index (χ3v) is 4.93. The molecule has 3 heteroatoms. The van der Waals surface area contributed by atoms with Crippen LogP contribution in [0.5, 0.6) is 0 Å². The molecule has 0 amide bonds.